The minimum Gasteiger partial charge on any atom is -0.465 e. The van der Waals surface area contributed by atoms with Crippen LogP contribution in [0.2, 0.25) is 0 Å². The Morgan fingerprint density at radius 2 is 1.64 bits per heavy atom. The lowest BCUT2D eigenvalue weighted by Gasteiger charge is -2.10. The third kappa shape index (κ3) is 3.97. The second-order valence-electron chi connectivity index (χ2n) is 4.29. The molecule has 0 spiro atoms. The maximum Gasteiger partial charge on any atom is 0.573 e. The first-order valence-electron chi connectivity index (χ1n) is 6.03. The summed E-state index contributed by atoms with van der Waals surface area (Å²) >= 11 is 0. The van der Waals surface area contributed by atoms with Gasteiger partial charge in [0.1, 0.15) is 11.6 Å². The van der Waals surface area contributed by atoms with E-state index in [4.69, 9.17) is 0 Å². The molecule has 2 aromatic carbocycles. The van der Waals surface area contributed by atoms with Crippen LogP contribution < -0.4 is 4.74 Å². The fourth-order valence-electron chi connectivity index (χ4n) is 1.84. The number of benzene rings is 2. The van der Waals surface area contributed by atoms with Gasteiger partial charge in [-0.25, -0.2) is 9.18 Å². The normalized spacial score (nSPS) is 11.1. The summed E-state index contributed by atoms with van der Waals surface area (Å²) in [5.74, 6) is -1.76. The van der Waals surface area contributed by atoms with Crippen molar-refractivity contribution in [1.82, 2.24) is 0 Å². The molecular weight excluding hydrogens is 304 g/mol. The summed E-state index contributed by atoms with van der Waals surface area (Å²) in [4.78, 5) is 11.4. The van der Waals surface area contributed by atoms with Gasteiger partial charge >= 0.3 is 12.3 Å². The van der Waals surface area contributed by atoms with E-state index in [2.05, 4.69) is 9.47 Å². The van der Waals surface area contributed by atoms with Gasteiger partial charge in [-0.05, 0) is 41.5 Å². The van der Waals surface area contributed by atoms with Gasteiger partial charge in [0.25, 0.3) is 0 Å². The van der Waals surface area contributed by atoms with Crippen LogP contribution in [0, 0.1) is 5.82 Å². The van der Waals surface area contributed by atoms with Crippen molar-refractivity contribution in [2.75, 3.05) is 7.11 Å². The molecule has 0 radical (unpaired) electrons. The zero-order valence-electron chi connectivity index (χ0n) is 11.3. The summed E-state index contributed by atoms with van der Waals surface area (Å²) in [6.07, 6.45) is -4.78. The second kappa shape index (κ2) is 6.05. The van der Waals surface area contributed by atoms with Gasteiger partial charge in [0, 0.05) is 0 Å². The van der Waals surface area contributed by atoms with Crippen LogP contribution in [0.5, 0.6) is 5.75 Å². The second-order valence-corrected chi connectivity index (χ2v) is 4.29. The Hall–Kier alpha value is -2.57. The monoisotopic (exact) mass is 314 g/mol. The molecule has 7 heteroatoms. The molecule has 0 saturated heterocycles. The Morgan fingerprint density at radius 1 is 1.00 bits per heavy atom. The number of alkyl halides is 3. The van der Waals surface area contributed by atoms with E-state index >= 15 is 0 Å². The molecule has 0 aliphatic carbocycles. The quantitative estimate of drug-likeness (QED) is 0.630. The Kier molecular flexibility index (Phi) is 4.35. The number of halogens is 4. The Bertz CT molecular complexity index is 678. The van der Waals surface area contributed by atoms with Crippen molar-refractivity contribution in [2.24, 2.45) is 0 Å². The van der Waals surface area contributed by atoms with Crippen molar-refractivity contribution in [3.63, 3.8) is 0 Å². The van der Waals surface area contributed by atoms with Crippen LogP contribution in [0.4, 0.5) is 17.6 Å². The van der Waals surface area contributed by atoms with E-state index in [1.165, 1.54) is 18.2 Å². The van der Waals surface area contributed by atoms with E-state index in [1.54, 1.807) is 0 Å². The SMILES string of the molecule is COC(=O)c1cc(F)cc(-c2ccc(OC(F)(F)F)cc2)c1. The third-order valence-corrected chi connectivity index (χ3v) is 2.74. The number of hydrogen-bond acceptors (Lipinski definition) is 3. The minimum absolute atomic E-state index is 0.00752. The molecule has 0 unspecified atom stereocenters. The number of rotatable bonds is 3. The van der Waals surface area contributed by atoms with Gasteiger partial charge in [-0.1, -0.05) is 12.1 Å². The predicted octanol–water partition coefficient (Wildman–Crippen LogP) is 4.18. The molecule has 0 saturated carbocycles. The van der Waals surface area contributed by atoms with Crippen LogP contribution in [0.3, 0.4) is 0 Å². The maximum atomic E-state index is 13.5. The molecule has 0 aliphatic rings. The highest BCUT2D eigenvalue weighted by Gasteiger charge is 2.30. The first-order valence-corrected chi connectivity index (χ1v) is 6.03. The van der Waals surface area contributed by atoms with Gasteiger partial charge in [-0.15, -0.1) is 13.2 Å². The summed E-state index contributed by atoms with van der Waals surface area (Å²) in [5, 5.41) is 0. The molecule has 0 amide bonds. The predicted molar refractivity (Wildman–Crippen MR) is 69.9 cm³/mol. The van der Waals surface area contributed by atoms with Crippen LogP contribution in [0.1, 0.15) is 10.4 Å². The van der Waals surface area contributed by atoms with Crippen molar-refractivity contribution >= 4 is 5.97 Å². The molecule has 2 rings (SSSR count). The molecule has 2 aromatic rings. The zero-order valence-corrected chi connectivity index (χ0v) is 11.3. The largest absolute Gasteiger partial charge is 0.573 e. The van der Waals surface area contributed by atoms with Gasteiger partial charge in [0.2, 0.25) is 0 Å². The highest BCUT2D eigenvalue weighted by atomic mass is 19.4. The first-order chi connectivity index (χ1) is 10.3. The molecule has 0 bridgehead atoms. The Balaban J connectivity index is 2.32. The van der Waals surface area contributed by atoms with Crippen molar-refractivity contribution < 1.29 is 31.8 Å². The lowest BCUT2D eigenvalue weighted by molar-refractivity contribution is -0.274. The lowest BCUT2D eigenvalue weighted by atomic mass is 10.0. The van der Waals surface area contributed by atoms with Gasteiger partial charge in [0.05, 0.1) is 12.7 Å². The average Bonchev–Trinajstić information content (AvgIpc) is 2.45. The fourth-order valence-corrected chi connectivity index (χ4v) is 1.84. The molecule has 116 valence electrons. The first kappa shape index (κ1) is 15.8. The van der Waals surface area contributed by atoms with E-state index in [1.807, 2.05) is 0 Å². The van der Waals surface area contributed by atoms with Crippen molar-refractivity contribution in [1.29, 1.82) is 0 Å². The number of ether oxygens (including phenoxy) is 2. The van der Waals surface area contributed by atoms with Crippen LogP contribution in [-0.4, -0.2) is 19.4 Å². The molecular formula is C15H10F4O3. The average molecular weight is 314 g/mol. The summed E-state index contributed by atoms with van der Waals surface area (Å²) < 4.78 is 58.0. The highest BCUT2D eigenvalue weighted by molar-refractivity contribution is 5.91. The molecule has 0 fully saturated rings. The van der Waals surface area contributed by atoms with E-state index < -0.39 is 18.1 Å². The van der Waals surface area contributed by atoms with E-state index in [0.717, 1.165) is 31.4 Å². The molecule has 0 heterocycles. The Labute approximate surface area is 123 Å². The van der Waals surface area contributed by atoms with Crippen LogP contribution in [0.15, 0.2) is 42.5 Å². The van der Waals surface area contributed by atoms with Gasteiger partial charge in [-0.3, -0.25) is 0 Å². The standard InChI is InChI=1S/C15H10F4O3/c1-21-14(20)11-6-10(7-12(16)8-11)9-2-4-13(5-3-9)22-15(17,18)19/h2-8H,1H3. The zero-order chi connectivity index (χ0) is 16.3. The topological polar surface area (TPSA) is 35.5 Å². The molecule has 3 nitrogen and oxygen atoms in total. The van der Waals surface area contributed by atoms with Crippen LogP contribution in [0.25, 0.3) is 11.1 Å². The maximum absolute atomic E-state index is 13.5. The number of methoxy groups -OCH3 is 1. The summed E-state index contributed by atoms with van der Waals surface area (Å²) in [5.41, 5.74) is 0.770. The van der Waals surface area contributed by atoms with Gasteiger partial charge < -0.3 is 9.47 Å². The molecule has 0 aliphatic heterocycles. The lowest BCUT2D eigenvalue weighted by Crippen LogP contribution is -2.16. The molecule has 22 heavy (non-hydrogen) atoms. The van der Waals surface area contributed by atoms with Gasteiger partial charge in [0.15, 0.2) is 0 Å². The summed E-state index contributed by atoms with van der Waals surface area (Å²) in [6, 6.07) is 8.42. The molecule has 0 atom stereocenters. The smallest absolute Gasteiger partial charge is 0.465 e. The number of carbonyl (C=O) groups excluding carboxylic acids is 1. The molecule has 0 N–H and O–H groups in total. The van der Waals surface area contributed by atoms with Crippen molar-refractivity contribution in [2.45, 2.75) is 6.36 Å². The Morgan fingerprint density at radius 3 is 2.18 bits per heavy atom. The van der Waals surface area contributed by atoms with Crippen LogP contribution in [-0.2, 0) is 4.74 Å². The summed E-state index contributed by atoms with van der Waals surface area (Å²) in [7, 11) is 1.16. The highest BCUT2D eigenvalue weighted by Crippen LogP contribution is 2.27. The van der Waals surface area contributed by atoms with E-state index in [9.17, 15) is 22.4 Å². The van der Waals surface area contributed by atoms with Crippen molar-refractivity contribution in [3.05, 3.63) is 53.8 Å². The molecule has 0 aromatic heterocycles. The van der Waals surface area contributed by atoms with Crippen LogP contribution >= 0.6 is 0 Å². The third-order valence-electron chi connectivity index (χ3n) is 2.74. The summed E-state index contributed by atoms with van der Waals surface area (Å²) in [6.45, 7) is 0. The fraction of sp³-hybridized carbons (Fsp3) is 0.133. The number of carbonyl (C=O) groups is 1. The number of esters is 1. The van der Waals surface area contributed by atoms with E-state index in [0.29, 0.717) is 11.1 Å². The minimum atomic E-state index is -4.78. The van der Waals surface area contributed by atoms with E-state index in [-0.39, 0.29) is 11.3 Å². The van der Waals surface area contributed by atoms with Gasteiger partial charge in [-0.2, -0.15) is 0 Å². The van der Waals surface area contributed by atoms with Crippen molar-refractivity contribution in [3.8, 4) is 16.9 Å². The number of hydrogen-bond donors (Lipinski definition) is 0.